The minimum absolute atomic E-state index is 0.0419. The molecule has 1 heterocycles. The van der Waals surface area contributed by atoms with Gasteiger partial charge in [-0.25, -0.2) is 4.39 Å². The van der Waals surface area contributed by atoms with Crippen LogP contribution in [-0.2, 0) is 0 Å². The lowest BCUT2D eigenvalue weighted by atomic mass is 10.2. The minimum Gasteiger partial charge on any atom is -0.345 e. The molecular weight excluding hydrogens is 251 g/mol. The summed E-state index contributed by atoms with van der Waals surface area (Å²) < 4.78 is 17.2. The lowest BCUT2D eigenvalue weighted by Crippen LogP contribution is -1.92. The van der Waals surface area contributed by atoms with Gasteiger partial charge in [0.05, 0.1) is 11.3 Å². The molecule has 0 spiro atoms. The first-order valence-corrected chi connectivity index (χ1v) is 5.76. The van der Waals surface area contributed by atoms with Crippen LogP contribution in [0.15, 0.2) is 18.2 Å². The van der Waals surface area contributed by atoms with Crippen molar-refractivity contribution in [2.75, 3.05) is 5.32 Å². The summed E-state index contributed by atoms with van der Waals surface area (Å²) in [6.45, 7) is 1.74. The van der Waals surface area contributed by atoms with Crippen molar-refractivity contribution in [3.05, 3.63) is 40.8 Å². The van der Waals surface area contributed by atoms with Gasteiger partial charge in [0.15, 0.2) is 0 Å². The Morgan fingerprint density at radius 1 is 1.33 bits per heavy atom. The number of aromatic nitrogens is 1. The van der Waals surface area contributed by atoms with E-state index in [9.17, 15) is 4.39 Å². The normalized spacial score (nSPS) is 9.56. The van der Waals surface area contributed by atoms with Crippen molar-refractivity contribution in [3.8, 4) is 12.1 Å². The predicted molar refractivity (Wildman–Crippen MR) is 66.0 cm³/mol. The molecule has 0 aliphatic heterocycles. The molecule has 0 unspecified atom stereocenters. The van der Waals surface area contributed by atoms with Gasteiger partial charge in [0.2, 0.25) is 0 Å². The second kappa shape index (κ2) is 4.82. The van der Waals surface area contributed by atoms with Crippen LogP contribution in [0, 0.1) is 35.4 Å². The molecule has 2 aromatic rings. The van der Waals surface area contributed by atoms with Crippen molar-refractivity contribution in [1.29, 1.82) is 10.5 Å². The van der Waals surface area contributed by atoms with E-state index in [1.165, 1.54) is 18.2 Å². The highest BCUT2D eigenvalue weighted by molar-refractivity contribution is 7.10. The van der Waals surface area contributed by atoms with Gasteiger partial charge in [-0.15, -0.1) is 0 Å². The quantitative estimate of drug-likeness (QED) is 0.898. The standard InChI is InChI=1S/C12H7FN4S/c1-7-10(6-15)12(18-17-7)16-9-2-3-11(13)8(4-9)5-14/h2-4,16H,1H3. The van der Waals surface area contributed by atoms with Gasteiger partial charge >= 0.3 is 0 Å². The first kappa shape index (κ1) is 12.0. The van der Waals surface area contributed by atoms with Crippen LogP contribution in [0.25, 0.3) is 0 Å². The molecule has 0 aliphatic carbocycles. The van der Waals surface area contributed by atoms with E-state index >= 15 is 0 Å². The molecule has 6 heteroatoms. The Labute approximate surface area is 107 Å². The molecule has 88 valence electrons. The highest BCUT2D eigenvalue weighted by Gasteiger charge is 2.11. The van der Waals surface area contributed by atoms with Crippen molar-refractivity contribution >= 4 is 22.2 Å². The van der Waals surface area contributed by atoms with E-state index in [-0.39, 0.29) is 5.56 Å². The zero-order chi connectivity index (χ0) is 13.1. The maximum absolute atomic E-state index is 13.1. The van der Waals surface area contributed by atoms with Crippen LogP contribution in [-0.4, -0.2) is 4.37 Å². The summed E-state index contributed by atoms with van der Waals surface area (Å²) >= 11 is 1.15. The highest BCUT2D eigenvalue weighted by Crippen LogP contribution is 2.27. The third kappa shape index (κ3) is 2.15. The average Bonchev–Trinajstić information content (AvgIpc) is 2.72. The molecular formula is C12H7FN4S. The van der Waals surface area contributed by atoms with Crippen LogP contribution in [0.3, 0.4) is 0 Å². The van der Waals surface area contributed by atoms with E-state index in [4.69, 9.17) is 10.5 Å². The van der Waals surface area contributed by atoms with Crippen molar-refractivity contribution in [1.82, 2.24) is 4.37 Å². The Kier molecular flexibility index (Phi) is 3.22. The van der Waals surface area contributed by atoms with Gasteiger partial charge in [-0.3, -0.25) is 0 Å². The highest BCUT2D eigenvalue weighted by atomic mass is 32.1. The first-order valence-electron chi connectivity index (χ1n) is 4.98. The summed E-state index contributed by atoms with van der Waals surface area (Å²) in [6.07, 6.45) is 0. The number of hydrogen-bond acceptors (Lipinski definition) is 5. The summed E-state index contributed by atoms with van der Waals surface area (Å²) in [4.78, 5) is 0. The van der Waals surface area contributed by atoms with E-state index in [2.05, 4.69) is 15.8 Å². The number of nitrogens with one attached hydrogen (secondary N) is 1. The minimum atomic E-state index is -0.566. The smallest absolute Gasteiger partial charge is 0.141 e. The molecule has 4 nitrogen and oxygen atoms in total. The van der Waals surface area contributed by atoms with Crippen LogP contribution >= 0.6 is 11.5 Å². The maximum atomic E-state index is 13.1. The Balaban J connectivity index is 2.35. The molecule has 0 bridgehead atoms. The largest absolute Gasteiger partial charge is 0.345 e. The fraction of sp³-hybridized carbons (Fsp3) is 0.0833. The fourth-order valence-corrected chi connectivity index (χ4v) is 2.17. The Bertz CT molecular complexity index is 678. The monoisotopic (exact) mass is 258 g/mol. The van der Waals surface area contributed by atoms with Gasteiger partial charge in [-0.05, 0) is 36.7 Å². The van der Waals surface area contributed by atoms with Gasteiger partial charge < -0.3 is 5.32 Å². The molecule has 0 saturated heterocycles. The lowest BCUT2D eigenvalue weighted by Gasteiger charge is -2.04. The summed E-state index contributed by atoms with van der Waals surface area (Å²) in [5, 5.41) is 21.3. The molecule has 1 aromatic heterocycles. The van der Waals surface area contributed by atoms with Gasteiger partial charge in [0.25, 0.3) is 0 Å². The summed E-state index contributed by atoms with van der Waals surface area (Å²) in [5.41, 5.74) is 1.61. The summed E-state index contributed by atoms with van der Waals surface area (Å²) in [7, 11) is 0. The van der Waals surface area contributed by atoms with Crippen LogP contribution in [0.1, 0.15) is 16.8 Å². The zero-order valence-electron chi connectivity index (χ0n) is 9.36. The molecule has 2 rings (SSSR count). The van der Waals surface area contributed by atoms with Crippen molar-refractivity contribution in [2.24, 2.45) is 0 Å². The SMILES string of the molecule is Cc1nsc(Nc2ccc(F)c(C#N)c2)c1C#N. The summed E-state index contributed by atoms with van der Waals surface area (Å²) in [5.74, 6) is -0.566. The van der Waals surface area contributed by atoms with Gasteiger partial charge in [-0.1, -0.05) is 0 Å². The van der Waals surface area contributed by atoms with E-state index < -0.39 is 5.82 Å². The van der Waals surface area contributed by atoms with Crippen molar-refractivity contribution in [2.45, 2.75) is 6.92 Å². The fourth-order valence-electron chi connectivity index (χ4n) is 1.41. The zero-order valence-corrected chi connectivity index (χ0v) is 10.2. The van der Waals surface area contributed by atoms with E-state index in [1.54, 1.807) is 13.0 Å². The number of benzene rings is 1. The van der Waals surface area contributed by atoms with Gasteiger partial charge in [-0.2, -0.15) is 14.9 Å². The van der Waals surface area contributed by atoms with E-state index in [0.717, 1.165) is 11.5 Å². The Morgan fingerprint density at radius 2 is 2.11 bits per heavy atom. The third-order valence-electron chi connectivity index (χ3n) is 2.32. The number of anilines is 2. The molecule has 0 radical (unpaired) electrons. The number of nitriles is 2. The predicted octanol–water partition coefficient (Wildman–Crippen LogP) is 3.08. The van der Waals surface area contributed by atoms with Crippen LogP contribution in [0.2, 0.25) is 0 Å². The number of nitrogens with zero attached hydrogens (tertiary/aromatic N) is 3. The van der Waals surface area contributed by atoms with E-state index in [1.807, 2.05) is 0 Å². The van der Waals surface area contributed by atoms with Crippen molar-refractivity contribution in [3.63, 3.8) is 0 Å². The number of aryl methyl sites for hydroxylation is 1. The maximum Gasteiger partial charge on any atom is 0.141 e. The van der Waals surface area contributed by atoms with Crippen LogP contribution in [0.4, 0.5) is 15.1 Å². The average molecular weight is 258 g/mol. The molecule has 1 N–H and O–H groups in total. The first-order chi connectivity index (χ1) is 8.65. The van der Waals surface area contributed by atoms with Crippen LogP contribution in [0.5, 0.6) is 0 Å². The topological polar surface area (TPSA) is 72.5 Å². The number of halogens is 1. The molecule has 0 fully saturated rings. The number of hydrogen-bond donors (Lipinski definition) is 1. The molecule has 0 atom stereocenters. The summed E-state index contributed by atoms with van der Waals surface area (Å²) in [6, 6.07) is 7.92. The second-order valence-electron chi connectivity index (χ2n) is 3.52. The van der Waals surface area contributed by atoms with E-state index in [0.29, 0.717) is 21.9 Å². The molecule has 0 aliphatic rings. The van der Waals surface area contributed by atoms with Gasteiger partial charge in [0, 0.05) is 5.69 Å². The molecule has 0 saturated carbocycles. The molecule has 0 amide bonds. The Hall–Kier alpha value is -2.44. The second-order valence-corrected chi connectivity index (χ2v) is 4.29. The molecule has 1 aromatic carbocycles. The third-order valence-corrected chi connectivity index (χ3v) is 3.17. The lowest BCUT2D eigenvalue weighted by molar-refractivity contribution is 0.624. The van der Waals surface area contributed by atoms with Crippen molar-refractivity contribution < 1.29 is 4.39 Å². The number of rotatable bonds is 2. The van der Waals surface area contributed by atoms with Gasteiger partial charge in [0.1, 0.15) is 28.5 Å². The molecule has 18 heavy (non-hydrogen) atoms. The Morgan fingerprint density at radius 3 is 2.78 bits per heavy atom. The van der Waals surface area contributed by atoms with Crippen LogP contribution < -0.4 is 5.32 Å².